The van der Waals surface area contributed by atoms with Crippen LogP contribution in [0.5, 0.6) is 0 Å². The Morgan fingerprint density at radius 3 is 2.57 bits per heavy atom. The van der Waals surface area contributed by atoms with Crippen LogP contribution in [0.4, 0.5) is 0 Å². The number of hydrogen-bond donors (Lipinski definition) is 1. The Kier molecular flexibility index (Phi) is 5.48. The Bertz CT molecular complexity index is 584. The first-order valence-corrected chi connectivity index (χ1v) is 8.69. The number of nitrogens with zero attached hydrogens (tertiary/aromatic N) is 2. The van der Waals surface area contributed by atoms with Crippen molar-refractivity contribution in [1.82, 2.24) is 15.3 Å². The molecule has 0 amide bonds. The maximum atomic E-state index is 5.27. The SMILES string of the molecule is COCc1nc(Cc2nc(C)cs2)sc1CNC(C)(C)C. The predicted octanol–water partition coefficient (Wildman–Crippen LogP) is 3.53. The van der Waals surface area contributed by atoms with Crippen LogP contribution in [-0.4, -0.2) is 22.6 Å². The van der Waals surface area contributed by atoms with Gasteiger partial charge in [0.25, 0.3) is 0 Å². The fraction of sp³-hybridized carbons (Fsp3) is 0.600. The summed E-state index contributed by atoms with van der Waals surface area (Å²) >= 11 is 3.46. The quantitative estimate of drug-likeness (QED) is 0.882. The fourth-order valence-corrected chi connectivity index (χ4v) is 3.74. The van der Waals surface area contributed by atoms with Crippen LogP contribution in [0.3, 0.4) is 0 Å². The van der Waals surface area contributed by atoms with E-state index in [-0.39, 0.29) is 5.54 Å². The summed E-state index contributed by atoms with van der Waals surface area (Å²) in [5, 5.41) is 7.84. The molecule has 2 aromatic rings. The summed E-state index contributed by atoms with van der Waals surface area (Å²) in [6.45, 7) is 9.93. The van der Waals surface area contributed by atoms with Gasteiger partial charge >= 0.3 is 0 Å². The second kappa shape index (κ2) is 6.96. The van der Waals surface area contributed by atoms with Gasteiger partial charge in [0.1, 0.15) is 5.01 Å². The minimum absolute atomic E-state index is 0.0981. The minimum atomic E-state index is 0.0981. The van der Waals surface area contributed by atoms with Crippen LogP contribution in [0, 0.1) is 6.92 Å². The first kappa shape index (κ1) is 16.5. The molecule has 21 heavy (non-hydrogen) atoms. The van der Waals surface area contributed by atoms with Crippen molar-refractivity contribution in [1.29, 1.82) is 0 Å². The molecule has 116 valence electrons. The lowest BCUT2D eigenvalue weighted by Gasteiger charge is -2.20. The molecule has 0 radical (unpaired) electrons. The topological polar surface area (TPSA) is 47.0 Å². The largest absolute Gasteiger partial charge is 0.378 e. The molecule has 0 aliphatic rings. The molecular formula is C15H23N3OS2. The van der Waals surface area contributed by atoms with E-state index in [0.29, 0.717) is 6.61 Å². The second-order valence-corrected chi connectivity index (χ2v) is 8.18. The van der Waals surface area contributed by atoms with E-state index >= 15 is 0 Å². The van der Waals surface area contributed by atoms with Crippen molar-refractivity contribution in [2.75, 3.05) is 7.11 Å². The lowest BCUT2D eigenvalue weighted by atomic mass is 10.1. The molecule has 0 saturated carbocycles. The molecule has 0 saturated heterocycles. The average molecular weight is 326 g/mol. The van der Waals surface area contributed by atoms with Crippen LogP contribution in [-0.2, 0) is 24.3 Å². The molecule has 2 heterocycles. The van der Waals surface area contributed by atoms with Crippen LogP contribution in [0.15, 0.2) is 5.38 Å². The van der Waals surface area contributed by atoms with Crippen molar-refractivity contribution in [3.8, 4) is 0 Å². The normalized spacial score (nSPS) is 12.0. The Labute approximate surface area is 134 Å². The van der Waals surface area contributed by atoms with Crippen molar-refractivity contribution in [2.45, 2.75) is 52.8 Å². The van der Waals surface area contributed by atoms with Gasteiger partial charge in [-0.1, -0.05) is 0 Å². The third-order valence-corrected chi connectivity index (χ3v) is 4.92. The number of aromatic nitrogens is 2. The Hall–Kier alpha value is -0.820. The Morgan fingerprint density at radius 1 is 1.24 bits per heavy atom. The van der Waals surface area contributed by atoms with Gasteiger partial charge in [-0.05, 0) is 27.7 Å². The standard InChI is InChI=1S/C15H23N3OS2/c1-10-9-20-13(17-10)6-14-18-11(8-19-5)12(21-14)7-16-15(2,3)4/h9,16H,6-8H2,1-5H3. The van der Waals surface area contributed by atoms with Gasteiger partial charge in [-0.3, -0.25) is 0 Å². The number of methoxy groups -OCH3 is 1. The second-order valence-electron chi connectivity index (χ2n) is 6.07. The van der Waals surface area contributed by atoms with Gasteiger partial charge in [0.2, 0.25) is 0 Å². The van der Waals surface area contributed by atoms with Gasteiger partial charge in [-0.25, -0.2) is 9.97 Å². The number of ether oxygens (including phenoxy) is 1. The molecule has 0 atom stereocenters. The van der Waals surface area contributed by atoms with Crippen LogP contribution in [0.1, 0.15) is 47.1 Å². The molecule has 4 nitrogen and oxygen atoms in total. The highest BCUT2D eigenvalue weighted by molar-refractivity contribution is 7.12. The summed E-state index contributed by atoms with van der Waals surface area (Å²) in [6, 6.07) is 0. The summed E-state index contributed by atoms with van der Waals surface area (Å²) < 4.78 is 5.27. The Balaban J connectivity index is 2.12. The molecular weight excluding hydrogens is 302 g/mol. The van der Waals surface area contributed by atoms with Gasteiger partial charge in [-0.15, -0.1) is 22.7 Å². The zero-order chi connectivity index (χ0) is 15.5. The molecule has 0 unspecified atom stereocenters. The maximum Gasteiger partial charge on any atom is 0.100 e. The van der Waals surface area contributed by atoms with Gasteiger partial charge < -0.3 is 10.1 Å². The highest BCUT2D eigenvalue weighted by Gasteiger charge is 2.15. The van der Waals surface area contributed by atoms with E-state index in [1.165, 1.54) is 4.88 Å². The summed E-state index contributed by atoms with van der Waals surface area (Å²) in [7, 11) is 1.71. The summed E-state index contributed by atoms with van der Waals surface area (Å²) in [4.78, 5) is 10.5. The van der Waals surface area contributed by atoms with E-state index in [1.54, 1.807) is 29.8 Å². The minimum Gasteiger partial charge on any atom is -0.378 e. The molecule has 6 heteroatoms. The smallest absolute Gasteiger partial charge is 0.100 e. The van der Waals surface area contributed by atoms with E-state index in [9.17, 15) is 0 Å². The lowest BCUT2D eigenvalue weighted by Crippen LogP contribution is -2.35. The number of nitrogens with one attached hydrogen (secondary N) is 1. The molecule has 0 aliphatic carbocycles. The van der Waals surface area contributed by atoms with Gasteiger partial charge in [0.15, 0.2) is 0 Å². The van der Waals surface area contributed by atoms with E-state index < -0.39 is 0 Å². The summed E-state index contributed by atoms with van der Waals surface area (Å²) in [6.07, 6.45) is 0.815. The van der Waals surface area contributed by atoms with E-state index in [0.717, 1.165) is 34.4 Å². The van der Waals surface area contributed by atoms with Crippen LogP contribution in [0.25, 0.3) is 0 Å². The number of hydrogen-bond acceptors (Lipinski definition) is 6. The number of thiazole rings is 2. The van der Waals surface area contributed by atoms with Gasteiger partial charge in [0.05, 0.1) is 23.7 Å². The highest BCUT2D eigenvalue weighted by atomic mass is 32.1. The molecule has 2 rings (SSSR count). The van der Waals surface area contributed by atoms with Gasteiger partial charge in [0, 0.05) is 35.1 Å². The number of aryl methyl sites for hydroxylation is 1. The molecule has 0 fully saturated rings. The predicted molar refractivity (Wildman–Crippen MR) is 89.1 cm³/mol. The summed E-state index contributed by atoms with van der Waals surface area (Å²) in [5.41, 5.74) is 2.22. The molecule has 0 aliphatic heterocycles. The molecule has 1 N–H and O–H groups in total. The first-order valence-electron chi connectivity index (χ1n) is 7.00. The summed E-state index contributed by atoms with van der Waals surface area (Å²) in [5.74, 6) is 0. The Morgan fingerprint density at radius 2 is 2.00 bits per heavy atom. The molecule has 2 aromatic heterocycles. The highest BCUT2D eigenvalue weighted by Crippen LogP contribution is 2.24. The van der Waals surface area contributed by atoms with E-state index in [2.05, 4.69) is 36.5 Å². The van der Waals surface area contributed by atoms with E-state index in [1.807, 2.05) is 6.92 Å². The monoisotopic (exact) mass is 325 g/mol. The number of rotatable bonds is 6. The maximum absolute atomic E-state index is 5.27. The fourth-order valence-electron chi connectivity index (χ4n) is 1.86. The van der Waals surface area contributed by atoms with E-state index in [4.69, 9.17) is 9.72 Å². The third-order valence-electron chi connectivity index (χ3n) is 2.85. The average Bonchev–Trinajstić information content (AvgIpc) is 2.94. The van der Waals surface area contributed by atoms with Gasteiger partial charge in [-0.2, -0.15) is 0 Å². The van der Waals surface area contributed by atoms with Crippen LogP contribution in [0.2, 0.25) is 0 Å². The lowest BCUT2D eigenvalue weighted by molar-refractivity contribution is 0.181. The van der Waals surface area contributed by atoms with Crippen LogP contribution >= 0.6 is 22.7 Å². The van der Waals surface area contributed by atoms with Crippen molar-refractivity contribution in [2.24, 2.45) is 0 Å². The van der Waals surface area contributed by atoms with Crippen LogP contribution < -0.4 is 5.32 Å². The third kappa shape index (κ3) is 5.14. The van der Waals surface area contributed by atoms with Crippen molar-refractivity contribution < 1.29 is 4.74 Å². The zero-order valence-corrected chi connectivity index (χ0v) is 15.0. The van der Waals surface area contributed by atoms with Crippen molar-refractivity contribution >= 4 is 22.7 Å². The molecule has 0 spiro atoms. The van der Waals surface area contributed by atoms with Crippen molar-refractivity contribution in [3.05, 3.63) is 31.7 Å². The first-order chi connectivity index (χ1) is 9.87. The zero-order valence-electron chi connectivity index (χ0n) is 13.3. The molecule has 0 aromatic carbocycles. The molecule has 0 bridgehead atoms. The van der Waals surface area contributed by atoms with Crippen molar-refractivity contribution in [3.63, 3.8) is 0 Å².